The number of alkyl halides is 3. The second-order valence-corrected chi connectivity index (χ2v) is 5.89. The van der Waals surface area contributed by atoms with Crippen LogP contribution in [0.2, 0.25) is 0 Å². The number of nitrogens with one attached hydrogen (secondary N) is 1. The fourth-order valence-electron chi connectivity index (χ4n) is 2.57. The van der Waals surface area contributed by atoms with E-state index in [4.69, 9.17) is 9.26 Å². The molecule has 1 N–H and O–H groups in total. The van der Waals surface area contributed by atoms with Crippen LogP contribution in [0.1, 0.15) is 27.4 Å². The van der Waals surface area contributed by atoms with E-state index in [1.165, 1.54) is 18.2 Å². The van der Waals surface area contributed by atoms with Gasteiger partial charge in [-0.05, 0) is 38.1 Å². The fraction of sp³-hybridized carbons (Fsp3) is 0.158. The highest BCUT2D eigenvalue weighted by Gasteiger charge is 2.34. The quantitative estimate of drug-likeness (QED) is 0.594. The molecule has 0 saturated carbocycles. The molecule has 1 heterocycles. The molecule has 2 aromatic carbocycles. The summed E-state index contributed by atoms with van der Waals surface area (Å²) >= 11 is 0. The van der Waals surface area contributed by atoms with Crippen molar-refractivity contribution >= 4 is 11.6 Å². The van der Waals surface area contributed by atoms with Crippen molar-refractivity contribution in [2.45, 2.75) is 20.0 Å². The van der Waals surface area contributed by atoms with Crippen molar-refractivity contribution in [3.8, 4) is 11.5 Å². The zero-order chi connectivity index (χ0) is 20.5. The van der Waals surface area contributed by atoms with Crippen molar-refractivity contribution in [1.82, 2.24) is 5.16 Å². The highest BCUT2D eigenvalue weighted by Crippen LogP contribution is 2.38. The van der Waals surface area contributed by atoms with Gasteiger partial charge in [0.05, 0.1) is 11.3 Å². The summed E-state index contributed by atoms with van der Waals surface area (Å²) in [6.07, 6.45) is -4.64. The van der Waals surface area contributed by atoms with E-state index in [9.17, 15) is 22.4 Å². The van der Waals surface area contributed by atoms with Crippen LogP contribution in [0.25, 0.3) is 0 Å². The predicted octanol–water partition coefficient (Wildman–Crippen LogP) is 5.49. The van der Waals surface area contributed by atoms with Gasteiger partial charge < -0.3 is 14.6 Å². The number of hydrogen-bond acceptors (Lipinski definition) is 4. The maximum absolute atomic E-state index is 14.3. The van der Waals surface area contributed by atoms with Gasteiger partial charge in [0.25, 0.3) is 5.91 Å². The molecule has 0 spiro atoms. The van der Waals surface area contributed by atoms with E-state index < -0.39 is 35.0 Å². The molecule has 0 unspecified atom stereocenters. The van der Waals surface area contributed by atoms with Crippen LogP contribution in [0.15, 0.2) is 47.0 Å². The molecule has 146 valence electrons. The number of nitrogens with zero attached hydrogens (tertiary/aromatic N) is 1. The van der Waals surface area contributed by atoms with Gasteiger partial charge in [0, 0.05) is 11.8 Å². The number of aryl methyl sites for hydroxylation is 2. The topological polar surface area (TPSA) is 64.4 Å². The van der Waals surface area contributed by atoms with Crippen LogP contribution in [0, 0.1) is 19.7 Å². The van der Waals surface area contributed by atoms with E-state index in [-0.39, 0.29) is 11.3 Å². The first-order valence-corrected chi connectivity index (χ1v) is 8.04. The van der Waals surface area contributed by atoms with Crippen LogP contribution < -0.4 is 10.1 Å². The summed E-state index contributed by atoms with van der Waals surface area (Å²) in [4.78, 5) is 12.3. The molecule has 3 rings (SSSR count). The molecule has 1 aromatic heterocycles. The summed E-state index contributed by atoms with van der Waals surface area (Å²) in [6, 6.07) is 7.87. The molecule has 0 bridgehead atoms. The minimum Gasteiger partial charge on any atom is -0.454 e. The molecule has 0 saturated heterocycles. The summed E-state index contributed by atoms with van der Waals surface area (Å²) in [6.45, 7) is 3.14. The Hall–Kier alpha value is -3.36. The van der Waals surface area contributed by atoms with Crippen LogP contribution in [0.4, 0.5) is 23.2 Å². The summed E-state index contributed by atoms with van der Waals surface area (Å²) in [5.41, 5.74) is -0.330. The van der Waals surface area contributed by atoms with Gasteiger partial charge in [0.2, 0.25) is 0 Å². The predicted molar refractivity (Wildman–Crippen MR) is 91.8 cm³/mol. The Morgan fingerprint density at radius 1 is 1.11 bits per heavy atom. The Kier molecular flexibility index (Phi) is 5.08. The maximum atomic E-state index is 14.3. The standard InChI is InChI=1S/C19H14F4N2O3/c1-10-17(11(2)28-25-10)18(26)24-12-7-8-16(14(20)9-12)27-15-6-4-3-5-13(15)19(21,22)23/h3-9H,1-2H3,(H,24,26). The third-order valence-corrected chi connectivity index (χ3v) is 3.86. The number of hydrogen-bond donors (Lipinski definition) is 1. The van der Waals surface area contributed by atoms with Gasteiger partial charge in [-0.15, -0.1) is 0 Å². The first-order chi connectivity index (χ1) is 13.2. The number of halogens is 4. The Morgan fingerprint density at radius 3 is 2.43 bits per heavy atom. The summed E-state index contributed by atoms with van der Waals surface area (Å²) in [5, 5.41) is 6.14. The Bertz CT molecular complexity index is 1010. The SMILES string of the molecule is Cc1noc(C)c1C(=O)Nc1ccc(Oc2ccccc2C(F)(F)F)c(F)c1. The van der Waals surface area contributed by atoms with Gasteiger partial charge in [0.15, 0.2) is 11.6 Å². The van der Waals surface area contributed by atoms with E-state index in [1.54, 1.807) is 13.8 Å². The van der Waals surface area contributed by atoms with Crippen LogP contribution in [0.5, 0.6) is 11.5 Å². The third-order valence-electron chi connectivity index (χ3n) is 3.86. The van der Waals surface area contributed by atoms with Gasteiger partial charge in [0.1, 0.15) is 17.1 Å². The lowest BCUT2D eigenvalue weighted by molar-refractivity contribution is -0.138. The number of benzene rings is 2. The van der Waals surface area contributed by atoms with E-state index in [1.807, 2.05) is 0 Å². The molecule has 1 amide bonds. The Labute approximate surface area is 156 Å². The number of carbonyl (C=O) groups is 1. The Balaban J connectivity index is 1.81. The van der Waals surface area contributed by atoms with E-state index in [2.05, 4.69) is 10.5 Å². The lowest BCUT2D eigenvalue weighted by Gasteiger charge is -2.14. The molecule has 9 heteroatoms. The second-order valence-electron chi connectivity index (χ2n) is 5.89. The molecule has 3 aromatic rings. The molecule has 0 aliphatic carbocycles. The van der Waals surface area contributed by atoms with Crippen LogP contribution in [-0.2, 0) is 6.18 Å². The minimum atomic E-state index is -4.64. The number of rotatable bonds is 4. The first-order valence-electron chi connectivity index (χ1n) is 8.04. The van der Waals surface area contributed by atoms with Gasteiger partial charge >= 0.3 is 6.18 Å². The minimum absolute atomic E-state index is 0.0963. The van der Waals surface area contributed by atoms with Crippen LogP contribution in [-0.4, -0.2) is 11.1 Å². The normalized spacial score (nSPS) is 11.4. The van der Waals surface area contributed by atoms with Crippen LogP contribution >= 0.6 is 0 Å². The summed E-state index contributed by atoms with van der Waals surface area (Å²) in [7, 11) is 0. The smallest absolute Gasteiger partial charge is 0.419 e. The van der Waals surface area contributed by atoms with E-state index >= 15 is 0 Å². The zero-order valence-electron chi connectivity index (χ0n) is 14.7. The van der Waals surface area contributed by atoms with Gasteiger partial charge in [-0.3, -0.25) is 4.79 Å². The van der Waals surface area contributed by atoms with Gasteiger partial charge in [-0.2, -0.15) is 13.2 Å². The van der Waals surface area contributed by atoms with Crippen molar-refractivity contribution in [2.75, 3.05) is 5.32 Å². The maximum Gasteiger partial charge on any atom is 0.419 e. The molecular formula is C19H14F4N2O3. The van der Waals surface area contributed by atoms with Gasteiger partial charge in [-0.25, -0.2) is 4.39 Å². The van der Waals surface area contributed by atoms with Crippen molar-refractivity contribution < 1.29 is 31.6 Å². The lowest BCUT2D eigenvalue weighted by atomic mass is 10.2. The van der Waals surface area contributed by atoms with Crippen molar-refractivity contribution in [2.24, 2.45) is 0 Å². The molecule has 28 heavy (non-hydrogen) atoms. The van der Waals surface area contributed by atoms with Crippen molar-refractivity contribution in [1.29, 1.82) is 0 Å². The lowest BCUT2D eigenvalue weighted by Crippen LogP contribution is -2.13. The summed E-state index contributed by atoms with van der Waals surface area (Å²) in [5.74, 6) is -2.12. The molecule has 0 radical (unpaired) electrons. The molecule has 5 nitrogen and oxygen atoms in total. The highest BCUT2D eigenvalue weighted by atomic mass is 19.4. The monoisotopic (exact) mass is 394 g/mol. The molecular weight excluding hydrogens is 380 g/mol. The average molecular weight is 394 g/mol. The first kappa shape index (κ1) is 19.4. The number of amides is 1. The number of para-hydroxylation sites is 1. The van der Waals surface area contributed by atoms with Gasteiger partial charge in [-0.1, -0.05) is 17.3 Å². The van der Waals surface area contributed by atoms with E-state index in [0.29, 0.717) is 11.5 Å². The molecule has 0 aliphatic heterocycles. The number of anilines is 1. The molecule has 0 aliphatic rings. The number of ether oxygens (including phenoxy) is 1. The van der Waals surface area contributed by atoms with Crippen LogP contribution in [0.3, 0.4) is 0 Å². The van der Waals surface area contributed by atoms with Crippen molar-refractivity contribution in [3.63, 3.8) is 0 Å². The number of aromatic nitrogens is 1. The summed E-state index contributed by atoms with van der Waals surface area (Å²) < 4.78 is 63.4. The van der Waals surface area contributed by atoms with Crippen molar-refractivity contribution in [3.05, 3.63) is 70.9 Å². The largest absolute Gasteiger partial charge is 0.454 e. The zero-order valence-corrected chi connectivity index (χ0v) is 14.7. The number of carbonyl (C=O) groups excluding carboxylic acids is 1. The third kappa shape index (κ3) is 3.98. The average Bonchev–Trinajstić information content (AvgIpc) is 2.95. The molecule has 0 atom stereocenters. The van der Waals surface area contributed by atoms with E-state index in [0.717, 1.165) is 24.3 Å². The Morgan fingerprint density at radius 2 is 1.82 bits per heavy atom. The second kappa shape index (κ2) is 7.34. The highest BCUT2D eigenvalue weighted by molar-refractivity contribution is 6.05. The fourth-order valence-corrected chi connectivity index (χ4v) is 2.57. The molecule has 0 fully saturated rings.